The van der Waals surface area contributed by atoms with Crippen LogP contribution in [0.25, 0.3) is 11.0 Å². The molecule has 0 fully saturated rings. The number of H-pyrrole nitrogens is 1. The van der Waals surface area contributed by atoms with Crippen molar-refractivity contribution in [3.05, 3.63) is 88.7 Å². The van der Waals surface area contributed by atoms with Crippen LogP contribution in [0, 0.1) is 0 Å². The van der Waals surface area contributed by atoms with Crippen LogP contribution in [0.15, 0.2) is 67.0 Å². The smallest absolute Gasteiger partial charge is 0.163 e. The number of aromatic nitrogens is 2. The van der Waals surface area contributed by atoms with E-state index >= 15 is 0 Å². The first-order chi connectivity index (χ1) is 13.1. The second-order valence-corrected chi connectivity index (χ2v) is 6.59. The first-order valence-electron chi connectivity index (χ1n) is 8.42. The molecule has 0 aliphatic rings. The van der Waals surface area contributed by atoms with Crippen LogP contribution in [0.1, 0.15) is 22.8 Å². The van der Waals surface area contributed by atoms with E-state index in [4.69, 9.17) is 16.3 Å². The molecule has 0 saturated heterocycles. The molecule has 0 spiro atoms. The summed E-state index contributed by atoms with van der Waals surface area (Å²) in [5.74, 6) is 0.219. The highest BCUT2D eigenvalue weighted by Crippen LogP contribution is 2.38. The number of rotatable bonds is 5. The van der Waals surface area contributed by atoms with Gasteiger partial charge in [-0.05, 0) is 35.9 Å². The van der Waals surface area contributed by atoms with Gasteiger partial charge in [-0.3, -0.25) is 0 Å². The molecule has 0 bridgehead atoms. The monoisotopic (exact) mass is 380 g/mol. The molecule has 5 nitrogen and oxygen atoms in total. The number of phenolic OH excluding ortho intramolecular Hbond substituents is 1. The van der Waals surface area contributed by atoms with Gasteiger partial charge in [0, 0.05) is 33.9 Å². The number of nitrogens with one attached hydrogen (secondary N) is 1. The molecule has 0 saturated carbocycles. The zero-order chi connectivity index (χ0) is 18.8. The van der Waals surface area contributed by atoms with Gasteiger partial charge in [0.15, 0.2) is 11.5 Å². The van der Waals surface area contributed by atoms with Crippen molar-refractivity contribution in [2.75, 3.05) is 0 Å². The Kier molecular flexibility index (Phi) is 4.71. The van der Waals surface area contributed by atoms with E-state index in [-0.39, 0.29) is 12.4 Å². The maximum atomic E-state index is 10.8. The topological polar surface area (TPSA) is 78.4 Å². The van der Waals surface area contributed by atoms with Gasteiger partial charge in [-0.1, -0.05) is 35.9 Å². The fourth-order valence-electron chi connectivity index (χ4n) is 2.99. The molecule has 4 rings (SSSR count). The lowest BCUT2D eigenvalue weighted by Crippen LogP contribution is -2.02. The minimum absolute atomic E-state index is 0.0859. The number of benzene rings is 2. The number of aromatic amines is 1. The molecule has 27 heavy (non-hydrogen) atoms. The number of hydrogen-bond donors (Lipinski definition) is 3. The number of pyridine rings is 1. The lowest BCUT2D eigenvalue weighted by Gasteiger charge is -2.15. The third-order valence-corrected chi connectivity index (χ3v) is 4.66. The first kappa shape index (κ1) is 17.4. The van der Waals surface area contributed by atoms with Crippen LogP contribution in [-0.2, 0) is 6.61 Å². The van der Waals surface area contributed by atoms with Gasteiger partial charge in [0.1, 0.15) is 18.4 Å². The SMILES string of the molecule is Oc1c(OCc2ccc(Cl)cc2)cccc1C(O)c1c[nH]c2ncccc12. The molecule has 0 aliphatic heterocycles. The Morgan fingerprint density at radius 2 is 1.85 bits per heavy atom. The van der Waals surface area contributed by atoms with E-state index in [1.54, 1.807) is 48.8 Å². The van der Waals surface area contributed by atoms with Crippen molar-refractivity contribution in [3.8, 4) is 11.5 Å². The summed E-state index contributed by atoms with van der Waals surface area (Å²) < 4.78 is 5.73. The van der Waals surface area contributed by atoms with E-state index in [0.29, 0.717) is 27.5 Å². The molecule has 6 heteroatoms. The summed E-state index contributed by atoms with van der Waals surface area (Å²) >= 11 is 5.88. The molecule has 0 amide bonds. The van der Waals surface area contributed by atoms with E-state index in [9.17, 15) is 10.2 Å². The average Bonchev–Trinajstić information content (AvgIpc) is 3.12. The van der Waals surface area contributed by atoms with Gasteiger partial charge in [0.05, 0.1) is 0 Å². The molecule has 1 unspecified atom stereocenters. The fraction of sp³-hybridized carbons (Fsp3) is 0.0952. The number of ether oxygens (including phenoxy) is 1. The van der Waals surface area contributed by atoms with E-state index < -0.39 is 6.10 Å². The highest BCUT2D eigenvalue weighted by molar-refractivity contribution is 6.30. The highest BCUT2D eigenvalue weighted by Gasteiger charge is 2.20. The predicted octanol–water partition coefficient (Wildman–Crippen LogP) is 4.58. The predicted molar refractivity (Wildman–Crippen MR) is 104 cm³/mol. The zero-order valence-corrected chi connectivity index (χ0v) is 15.0. The number of fused-ring (bicyclic) bond motifs is 1. The molecular formula is C21H17ClN2O3. The van der Waals surface area contributed by atoms with Crippen molar-refractivity contribution in [2.45, 2.75) is 12.7 Å². The number of halogens is 1. The number of hydrogen-bond acceptors (Lipinski definition) is 4. The number of para-hydroxylation sites is 1. The minimum atomic E-state index is -1.01. The number of aliphatic hydroxyl groups is 1. The molecule has 4 aromatic rings. The van der Waals surface area contributed by atoms with E-state index in [1.165, 1.54) is 0 Å². The molecule has 2 aromatic heterocycles. The Morgan fingerprint density at radius 3 is 2.67 bits per heavy atom. The first-order valence-corrected chi connectivity index (χ1v) is 8.80. The van der Waals surface area contributed by atoms with Crippen LogP contribution in [0.2, 0.25) is 5.02 Å². The molecule has 0 aliphatic carbocycles. The largest absolute Gasteiger partial charge is 0.504 e. The number of nitrogens with zero attached hydrogens (tertiary/aromatic N) is 1. The van der Waals surface area contributed by atoms with Crippen molar-refractivity contribution in [1.82, 2.24) is 9.97 Å². The van der Waals surface area contributed by atoms with Crippen molar-refractivity contribution in [1.29, 1.82) is 0 Å². The van der Waals surface area contributed by atoms with Gasteiger partial charge >= 0.3 is 0 Å². The Bertz CT molecular complexity index is 1080. The molecule has 1 atom stereocenters. The van der Waals surface area contributed by atoms with Gasteiger partial charge in [0.2, 0.25) is 0 Å². The minimum Gasteiger partial charge on any atom is -0.504 e. The average molecular weight is 381 g/mol. The highest BCUT2D eigenvalue weighted by atomic mass is 35.5. The Balaban J connectivity index is 1.60. The van der Waals surface area contributed by atoms with Gasteiger partial charge in [0.25, 0.3) is 0 Å². The summed E-state index contributed by atoms with van der Waals surface area (Å²) in [5.41, 5.74) is 2.62. The fourth-order valence-corrected chi connectivity index (χ4v) is 3.12. The summed E-state index contributed by atoms with van der Waals surface area (Å²) in [6, 6.07) is 16.0. The summed E-state index contributed by atoms with van der Waals surface area (Å²) in [6.07, 6.45) is 2.36. The normalized spacial score (nSPS) is 12.2. The summed E-state index contributed by atoms with van der Waals surface area (Å²) in [6.45, 7) is 0.279. The van der Waals surface area contributed by atoms with E-state index in [2.05, 4.69) is 9.97 Å². The van der Waals surface area contributed by atoms with Crippen molar-refractivity contribution >= 4 is 22.6 Å². The van der Waals surface area contributed by atoms with Gasteiger partial charge < -0.3 is 19.9 Å². The third kappa shape index (κ3) is 3.47. The van der Waals surface area contributed by atoms with Gasteiger partial charge in [-0.2, -0.15) is 0 Å². The van der Waals surface area contributed by atoms with Crippen LogP contribution in [0.5, 0.6) is 11.5 Å². The summed E-state index contributed by atoms with van der Waals surface area (Å²) in [7, 11) is 0. The molecule has 3 N–H and O–H groups in total. The van der Waals surface area contributed by atoms with Crippen molar-refractivity contribution < 1.29 is 14.9 Å². The van der Waals surface area contributed by atoms with Crippen molar-refractivity contribution in [3.63, 3.8) is 0 Å². The number of phenols is 1. The lowest BCUT2D eigenvalue weighted by atomic mass is 10.0. The van der Waals surface area contributed by atoms with Crippen LogP contribution >= 0.6 is 11.6 Å². The number of aliphatic hydroxyl groups excluding tert-OH is 1. The van der Waals surface area contributed by atoms with Crippen LogP contribution in [-0.4, -0.2) is 20.2 Å². The van der Waals surface area contributed by atoms with E-state index in [1.807, 2.05) is 18.2 Å². The van der Waals surface area contributed by atoms with Crippen LogP contribution in [0.4, 0.5) is 0 Å². The maximum Gasteiger partial charge on any atom is 0.163 e. The molecule has 2 aromatic carbocycles. The Morgan fingerprint density at radius 1 is 1.04 bits per heavy atom. The quantitative estimate of drug-likeness (QED) is 0.473. The number of aromatic hydroxyl groups is 1. The van der Waals surface area contributed by atoms with Gasteiger partial charge in [-0.25, -0.2) is 4.98 Å². The van der Waals surface area contributed by atoms with Crippen LogP contribution < -0.4 is 4.74 Å². The van der Waals surface area contributed by atoms with Crippen LogP contribution in [0.3, 0.4) is 0 Å². The maximum absolute atomic E-state index is 10.8. The molecule has 136 valence electrons. The van der Waals surface area contributed by atoms with Gasteiger partial charge in [-0.15, -0.1) is 0 Å². The Hall–Kier alpha value is -3.02. The zero-order valence-electron chi connectivity index (χ0n) is 14.3. The lowest BCUT2D eigenvalue weighted by molar-refractivity contribution is 0.213. The second-order valence-electron chi connectivity index (χ2n) is 6.16. The van der Waals surface area contributed by atoms with Crippen molar-refractivity contribution in [2.24, 2.45) is 0 Å². The standard InChI is InChI=1S/C21H17ClN2O3/c22-14-8-6-13(7-9-14)12-27-18-5-1-3-16(20(18)26)19(25)17-11-24-21-15(17)4-2-10-23-21/h1-11,19,25-26H,12H2,(H,23,24). The van der Waals surface area contributed by atoms with E-state index in [0.717, 1.165) is 10.9 Å². The summed E-state index contributed by atoms with van der Waals surface area (Å²) in [4.78, 5) is 7.25. The molecule has 0 radical (unpaired) electrons. The molecular weight excluding hydrogens is 364 g/mol. The molecule has 2 heterocycles. The second kappa shape index (κ2) is 7.31. The third-order valence-electron chi connectivity index (χ3n) is 4.41. The Labute approximate surface area is 160 Å². The summed E-state index contributed by atoms with van der Waals surface area (Å²) in [5, 5.41) is 22.9.